The number of benzene rings is 1. The predicted octanol–water partition coefficient (Wildman–Crippen LogP) is 2.40. The molecule has 2 rings (SSSR count). The van der Waals surface area contributed by atoms with Gasteiger partial charge in [0.2, 0.25) is 0 Å². The van der Waals surface area contributed by atoms with Crippen molar-refractivity contribution < 1.29 is 14.6 Å². The SMILES string of the molecule is COCc1cc(N2CCN(C(=O)O)CC2)ccc1Br. The van der Waals surface area contributed by atoms with E-state index in [9.17, 15) is 4.79 Å². The van der Waals surface area contributed by atoms with E-state index in [4.69, 9.17) is 9.84 Å². The minimum Gasteiger partial charge on any atom is -0.465 e. The van der Waals surface area contributed by atoms with Gasteiger partial charge in [0.15, 0.2) is 0 Å². The lowest BCUT2D eigenvalue weighted by Crippen LogP contribution is -2.48. The zero-order valence-electron chi connectivity index (χ0n) is 10.8. The molecule has 5 nitrogen and oxygen atoms in total. The molecule has 0 atom stereocenters. The van der Waals surface area contributed by atoms with Gasteiger partial charge in [-0.1, -0.05) is 15.9 Å². The summed E-state index contributed by atoms with van der Waals surface area (Å²) in [4.78, 5) is 14.5. The van der Waals surface area contributed by atoms with Crippen molar-refractivity contribution in [3.8, 4) is 0 Å². The van der Waals surface area contributed by atoms with Crippen molar-refractivity contribution in [3.63, 3.8) is 0 Å². The first-order chi connectivity index (χ1) is 9.11. The largest absolute Gasteiger partial charge is 0.465 e. The molecule has 1 fully saturated rings. The van der Waals surface area contributed by atoms with Crippen LogP contribution in [-0.4, -0.2) is 49.4 Å². The summed E-state index contributed by atoms with van der Waals surface area (Å²) < 4.78 is 6.19. The third kappa shape index (κ3) is 3.39. The summed E-state index contributed by atoms with van der Waals surface area (Å²) in [5.74, 6) is 0. The molecule has 1 aliphatic heterocycles. The van der Waals surface area contributed by atoms with Crippen LogP contribution in [0.1, 0.15) is 5.56 Å². The number of piperazine rings is 1. The highest BCUT2D eigenvalue weighted by molar-refractivity contribution is 9.10. The van der Waals surface area contributed by atoms with Gasteiger partial charge < -0.3 is 19.6 Å². The monoisotopic (exact) mass is 328 g/mol. The normalized spacial score (nSPS) is 15.7. The average molecular weight is 329 g/mol. The fraction of sp³-hybridized carbons (Fsp3) is 0.462. The number of nitrogens with zero attached hydrogens (tertiary/aromatic N) is 2. The van der Waals surface area contributed by atoms with E-state index in [1.54, 1.807) is 7.11 Å². The van der Waals surface area contributed by atoms with Crippen molar-refractivity contribution >= 4 is 27.7 Å². The van der Waals surface area contributed by atoms with Crippen LogP contribution in [0.2, 0.25) is 0 Å². The number of amides is 1. The van der Waals surface area contributed by atoms with Crippen LogP contribution in [0.15, 0.2) is 22.7 Å². The van der Waals surface area contributed by atoms with Gasteiger partial charge in [-0.25, -0.2) is 4.79 Å². The minimum atomic E-state index is -0.837. The number of hydrogen-bond donors (Lipinski definition) is 1. The molecular formula is C13H17BrN2O3. The first-order valence-corrected chi connectivity index (χ1v) is 6.91. The molecule has 1 saturated heterocycles. The standard InChI is InChI=1S/C13H17BrN2O3/c1-19-9-10-8-11(2-3-12(10)14)15-4-6-16(7-5-15)13(17)18/h2-3,8H,4-7,9H2,1H3,(H,17,18). The zero-order valence-corrected chi connectivity index (χ0v) is 12.4. The van der Waals surface area contributed by atoms with Crippen molar-refractivity contribution in [1.82, 2.24) is 4.90 Å². The second kappa shape index (κ2) is 6.25. The van der Waals surface area contributed by atoms with Crippen LogP contribution in [0.4, 0.5) is 10.5 Å². The molecule has 6 heteroatoms. The molecular weight excluding hydrogens is 312 g/mol. The molecule has 1 aromatic rings. The van der Waals surface area contributed by atoms with Crippen molar-refractivity contribution in [2.75, 3.05) is 38.2 Å². The molecule has 0 aliphatic carbocycles. The number of methoxy groups -OCH3 is 1. The van der Waals surface area contributed by atoms with Crippen molar-refractivity contribution in [3.05, 3.63) is 28.2 Å². The fourth-order valence-electron chi connectivity index (χ4n) is 2.18. The summed E-state index contributed by atoms with van der Waals surface area (Å²) in [5, 5.41) is 8.93. The lowest BCUT2D eigenvalue weighted by molar-refractivity contribution is 0.142. The zero-order chi connectivity index (χ0) is 13.8. The molecule has 0 unspecified atom stereocenters. The Morgan fingerprint density at radius 1 is 1.37 bits per heavy atom. The third-order valence-corrected chi connectivity index (χ3v) is 4.02. The maximum absolute atomic E-state index is 10.9. The summed E-state index contributed by atoms with van der Waals surface area (Å²) in [6, 6.07) is 6.14. The number of hydrogen-bond acceptors (Lipinski definition) is 3. The number of halogens is 1. The topological polar surface area (TPSA) is 53.0 Å². The second-order valence-corrected chi connectivity index (χ2v) is 5.32. The molecule has 0 radical (unpaired) electrons. The Labute approximate surface area is 120 Å². The van der Waals surface area contributed by atoms with Gasteiger partial charge in [-0.2, -0.15) is 0 Å². The van der Waals surface area contributed by atoms with Crippen molar-refractivity contribution in [2.24, 2.45) is 0 Å². The molecule has 1 N–H and O–H groups in total. The highest BCUT2D eigenvalue weighted by atomic mass is 79.9. The van der Waals surface area contributed by atoms with E-state index in [-0.39, 0.29) is 0 Å². The van der Waals surface area contributed by atoms with Crippen LogP contribution in [0.25, 0.3) is 0 Å². The van der Waals surface area contributed by atoms with Gasteiger partial charge in [0.1, 0.15) is 0 Å². The van der Waals surface area contributed by atoms with E-state index in [1.807, 2.05) is 12.1 Å². The lowest BCUT2D eigenvalue weighted by atomic mass is 10.2. The van der Waals surface area contributed by atoms with Gasteiger partial charge >= 0.3 is 6.09 Å². The van der Waals surface area contributed by atoms with Gasteiger partial charge in [-0.3, -0.25) is 0 Å². The van der Waals surface area contributed by atoms with E-state index < -0.39 is 6.09 Å². The number of carbonyl (C=O) groups is 1. The maximum atomic E-state index is 10.9. The first kappa shape index (κ1) is 14.1. The Bertz CT molecular complexity index is 459. The summed E-state index contributed by atoms with van der Waals surface area (Å²) >= 11 is 3.50. The molecule has 1 heterocycles. The Hall–Kier alpha value is -1.27. The van der Waals surface area contributed by atoms with Gasteiger partial charge in [-0.15, -0.1) is 0 Å². The maximum Gasteiger partial charge on any atom is 0.407 e. The van der Waals surface area contributed by atoms with E-state index >= 15 is 0 Å². The Morgan fingerprint density at radius 3 is 2.63 bits per heavy atom. The summed E-state index contributed by atoms with van der Waals surface area (Å²) in [6.45, 7) is 3.10. The number of carboxylic acid groups (broad SMARTS) is 1. The highest BCUT2D eigenvalue weighted by Crippen LogP contribution is 2.25. The van der Waals surface area contributed by atoms with E-state index in [0.29, 0.717) is 19.7 Å². The lowest BCUT2D eigenvalue weighted by Gasteiger charge is -2.34. The molecule has 104 valence electrons. The van der Waals surface area contributed by atoms with Crippen LogP contribution in [-0.2, 0) is 11.3 Å². The van der Waals surface area contributed by atoms with Crippen molar-refractivity contribution in [1.29, 1.82) is 0 Å². The van der Waals surface area contributed by atoms with Gasteiger partial charge in [-0.05, 0) is 23.8 Å². The third-order valence-electron chi connectivity index (χ3n) is 3.24. The van der Waals surface area contributed by atoms with E-state index in [0.717, 1.165) is 28.8 Å². The summed E-state index contributed by atoms with van der Waals surface area (Å²) in [7, 11) is 1.67. The number of anilines is 1. The summed E-state index contributed by atoms with van der Waals surface area (Å²) in [6.07, 6.45) is -0.837. The van der Waals surface area contributed by atoms with Gasteiger partial charge in [0, 0.05) is 43.4 Å². The minimum absolute atomic E-state index is 0.547. The van der Waals surface area contributed by atoms with Gasteiger partial charge in [0.05, 0.1) is 6.61 Å². The molecule has 0 aromatic heterocycles. The van der Waals surface area contributed by atoms with Crippen LogP contribution in [0, 0.1) is 0 Å². The van der Waals surface area contributed by atoms with Crippen LogP contribution in [0.3, 0.4) is 0 Å². The molecule has 1 aliphatic rings. The van der Waals surface area contributed by atoms with Crippen LogP contribution < -0.4 is 4.90 Å². The molecule has 1 amide bonds. The Balaban J connectivity index is 2.07. The average Bonchev–Trinajstić information content (AvgIpc) is 2.41. The fourth-order valence-corrected chi connectivity index (χ4v) is 2.54. The molecule has 19 heavy (non-hydrogen) atoms. The molecule has 0 bridgehead atoms. The number of ether oxygens (including phenoxy) is 1. The van der Waals surface area contributed by atoms with Crippen LogP contribution in [0.5, 0.6) is 0 Å². The van der Waals surface area contributed by atoms with E-state index in [2.05, 4.69) is 26.9 Å². The summed E-state index contributed by atoms with van der Waals surface area (Å²) in [5.41, 5.74) is 2.21. The Kier molecular flexibility index (Phi) is 4.66. The predicted molar refractivity (Wildman–Crippen MR) is 76.7 cm³/mol. The smallest absolute Gasteiger partial charge is 0.407 e. The quantitative estimate of drug-likeness (QED) is 0.925. The second-order valence-electron chi connectivity index (χ2n) is 4.47. The molecule has 1 aromatic carbocycles. The van der Waals surface area contributed by atoms with Crippen LogP contribution >= 0.6 is 15.9 Å². The van der Waals surface area contributed by atoms with E-state index in [1.165, 1.54) is 4.90 Å². The molecule has 0 spiro atoms. The first-order valence-electron chi connectivity index (χ1n) is 6.12. The molecule has 0 saturated carbocycles. The van der Waals surface area contributed by atoms with Crippen molar-refractivity contribution in [2.45, 2.75) is 6.61 Å². The Morgan fingerprint density at radius 2 is 2.05 bits per heavy atom. The number of rotatable bonds is 3. The highest BCUT2D eigenvalue weighted by Gasteiger charge is 2.20. The van der Waals surface area contributed by atoms with Gasteiger partial charge in [0.25, 0.3) is 0 Å².